The molecular weight excluding hydrogens is 315 g/mol. The first-order valence-corrected chi connectivity index (χ1v) is 8.47. The van der Waals surface area contributed by atoms with E-state index >= 15 is 0 Å². The van der Waals surface area contributed by atoms with Crippen LogP contribution in [0.5, 0.6) is 0 Å². The lowest BCUT2D eigenvalue weighted by atomic mass is 9.91. The molecule has 1 heterocycles. The number of hydrogen-bond donors (Lipinski definition) is 2. The summed E-state index contributed by atoms with van der Waals surface area (Å²) < 4.78 is 13.9. The molecule has 4 rings (SSSR count). The number of fused-ring (bicyclic) bond motifs is 2. The van der Waals surface area contributed by atoms with Crippen molar-refractivity contribution >= 4 is 16.7 Å². The van der Waals surface area contributed by atoms with Crippen molar-refractivity contribution in [3.8, 4) is 0 Å². The summed E-state index contributed by atoms with van der Waals surface area (Å²) in [5, 5.41) is 7.87. The lowest BCUT2D eigenvalue weighted by molar-refractivity contribution is 0.0952. The van der Waals surface area contributed by atoms with Gasteiger partial charge in [-0.25, -0.2) is 4.39 Å². The Morgan fingerprint density at radius 2 is 1.92 bits per heavy atom. The average molecular weight is 334 g/mol. The van der Waals surface area contributed by atoms with E-state index in [9.17, 15) is 9.18 Å². The third-order valence-corrected chi connectivity index (χ3v) is 4.78. The van der Waals surface area contributed by atoms with Crippen LogP contribution in [0.1, 0.15) is 27.4 Å². The molecule has 0 fully saturated rings. The minimum Gasteiger partial charge on any atom is -0.351 e. The van der Waals surface area contributed by atoms with E-state index in [4.69, 9.17) is 0 Å². The number of nitrogens with one attached hydrogen (secondary N) is 2. The standard InChI is InChI=1S/C21H19FN2O/c22-17-9-14-5-1-4-8-19(14)20(10-17)21(25)24-13-16-12-23-11-15-6-2-3-7-18(15)16/h1-10,16,23H,11-13H2,(H,24,25). The maximum atomic E-state index is 13.9. The quantitative estimate of drug-likeness (QED) is 0.768. The zero-order chi connectivity index (χ0) is 17.2. The molecule has 1 aliphatic heterocycles. The van der Waals surface area contributed by atoms with Crippen LogP contribution in [0, 0.1) is 5.82 Å². The molecule has 0 saturated heterocycles. The number of rotatable bonds is 3. The lowest BCUT2D eigenvalue weighted by Crippen LogP contribution is -2.36. The smallest absolute Gasteiger partial charge is 0.252 e. The van der Waals surface area contributed by atoms with Crippen molar-refractivity contribution in [2.24, 2.45) is 0 Å². The Kier molecular flexibility index (Phi) is 4.20. The van der Waals surface area contributed by atoms with Gasteiger partial charge in [-0.3, -0.25) is 4.79 Å². The zero-order valence-electron chi connectivity index (χ0n) is 13.8. The van der Waals surface area contributed by atoms with E-state index in [1.165, 1.54) is 23.3 Å². The van der Waals surface area contributed by atoms with Gasteiger partial charge in [0.2, 0.25) is 0 Å². The van der Waals surface area contributed by atoms with E-state index in [2.05, 4.69) is 22.8 Å². The molecule has 4 heteroatoms. The highest BCUT2D eigenvalue weighted by Gasteiger charge is 2.20. The Bertz CT molecular complexity index is 938. The summed E-state index contributed by atoms with van der Waals surface area (Å²) in [6, 6.07) is 18.4. The Morgan fingerprint density at radius 3 is 2.84 bits per heavy atom. The largest absolute Gasteiger partial charge is 0.351 e. The zero-order valence-corrected chi connectivity index (χ0v) is 13.8. The molecule has 0 saturated carbocycles. The molecule has 0 aliphatic carbocycles. The van der Waals surface area contributed by atoms with Gasteiger partial charge in [-0.2, -0.15) is 0 Å². The van der Waals surface area contributed by atoms with Crippen LogP contribution < -0.4 is 10.6 Å². The van der Waals surface area contributed by atoms with Crippen molar-refractivity contribution in [2.75, 3.05) is 13.1 Å². The van der Waals surface area contributed by atoms with Gasteiger partial charge in [0.1, 0.15) is 5.82 Å². The van der Waals surface area contributed by atoms with Gasteiger partial charge >= 0.3 is 0 Å². The van der Waals surface area contributed by atoms with Crippen LogP contribution in [-0.2, 0) is 6.54 Å². The van der Waals surface area contributed by atoms with Crippen LogP contribution in [0.4, 0.5) is 4.39 Å². The third-order valence-electron chi connectivity index (χ3n) is 4.78. The van der Waals surface area contributed by atoms with Crippen molar-refractivity contribution in [3.05, 3.63) is 83.2 Å². The molecule has 0 radical (unpaired) electrons. The predicted molar refractivity (Wildman–Crippen MR) is 97.1 cm³/mol. The van der Waals surface area contributed by atoms with Crippen molar-refractivity contribution in [1.82, 2.24) is 10.6 Å². The highest BCUT2D eigenvalue weighted by Crippen LogP contribution is 2.24. The second kappa shape index (κ2) is 6.65. The van der Waals surface area contributed by atoms with Crippen molar-refractivity contribution < 1.29 is 9.18 Å². The first kappa shape index (κ1) is 15.8. The number of carbonyl (C=O) groups is 1. The Hall–Kier alpha value is -2.72. The molecule has 0 bridgehead atoms. The normalized spacial score (nSPS) is 16.4. The molecule has 25 heavy (non-hydrogen) atoms. The molecule has 3 aromatic carbocycles. The van der Waals surface area contributed by atoms with Crippen LogP contribution in [0.2, 0.25) is 0 Å². The molecule has 126 valence electrons. The Morgan fingerprint density at radius 1 is 1.12 bits per heavy atom. The molecule has 1 unspecified atom stereocenters. The van der Waals surface area contributed by atoms with Gasteiger partial charge in [-0.05, 0) is 34.0 Å². The predicted octanol–water partition coefficient (Wildman–Crippen LogP) is 3.60. The fourth-order valence-electron chi connectivity index (χ4n) is 3.54. The second-order valence-corrected chi connectivity index (χ2v) is 6.41. The fraction of sp³-hybridized carbons (Fsp3) is 0.190. The van der Waals surface area contributed by atoms with E-state index in [-0.39, 0.29) is 11.8 Å². The molecule has 3 nitrogen and oxygen atoms in total. The summed E-state index contributed by atoms with van der Waals surface area (Å²) in [6.45, 7) is 2.20. The molecular formula is C21H19FN2O. The molecule has 0 spiro atoms. The minimum atomic E-state index is -0.395. The van der Waals surface area contributed by atoms with Gasteiger partial charge in [-0.1, -0.05) is 48.5 Å². The topological polar surface area (TPSA) is 41.1 Å². The number of amides is 1. The highest BCUT2D eigenvalue weighted by molar-refractivity contribution is 6.07. The van der Waals surface area contributed by atoms with Gasteiger partial charge < -0.3 is 10.6 Å². The molecule has 1 aliphatic rings. The van der Waals surface area contributed by atoms with Crippen LogP contribution >= 0.6 is 0 Å². The molecule has 2 N–H and O–H groups in total. The van der Waals surface area contributed by atoms with Gasteiger partial charge in [0.15, 0.2) is 0 Å². The number of halogens is 1. The van der Waals surface area contributed by atoms with Gasteiger partial charge in [0.05, 0.1) is 5.56 Å². The third kappa shape index (κ3) is 3.13. The van der Waals surface area contributed by atoms with Gasteiger partial charge in [0, 0.05) is 25.6 Å². The summed E-state index contributed by atoms with van der Waals surface area (Å²) >= 11 is 0. The number of hydrogen-bond acceptors (Lipinski definition) is 2. The maximum Gasteiger partial charge on any atom is 0.252 e. The number of benzene rings is 3. The van der Waals surface area contributed by atoms with E-state index in [0.717, 1.165) is 23.9 Å². The first-order valence-electron chi connectivity index (χ1n) is 8.47. The van der Waals surface area contributed by atoms with E-state index in [1.54, 1.807) is 0 Å². The SMILES string of the molecule is O=C(NCC1CNCc2ccccc21)c1cc(F)cc2ccccc12. The van der Waals surface area contributed by atoms with Crippen LogP contribution in [0.15, 0.2) is 60.7 Å². The van der Waals surface area contributed by atoms with E-state index < -0.39 is 5.82 Å². The lowest BCUT2D eigenvalue weighted by Gasteiger charge is -2.26. The second-order valence-electron chi connectivity index (χ2n) is 6.41. The van der Waals surface area contributed by atoms with Gasteiger partial charge in [0.25, 0.3) is 5.91 Å². The van der Waals surface area contributed by atoms with Crippen LogP contribution in [0.3, 0.4) is 0 Å². The van der Waals surface area contributed by atoms with Crippen molar-refractivity contribution in [2.45, 2.75) is 12.5 Å². The Balaban J connectivity index is 1.56. The molecule has 0 aromatic heterocycles. The summed E-state index contributed by atoms with van der Waals surface area (Å²) in [5.74, 6) is -0.416. The monoisotopic (exact) mass is 334 g/mol. The van der Waals surface area contributed by atoms with E-state index in [0.29, 0.717) is 12.1 Å². The van der Waals surface area contributed by atoms with Crippen LogP contribution in [0.25, 0.3) is 10.8 Å². The summed E-state index contributed by atoms with van der Waals surface area (Å²) in [4.78, 5) is 12.7. The first-order chi connectivity index (χ1) is 12.2. The summed E-state index contributed by atoms with van der Waals surface area (Å²) in [6.07, 6.45) is 0. The average Bonchev–Trinajstić information content (AvgIpc) is 2.65. The molecule has 3 aromatic rings. The minimum absolute atomic E-state index is 0.216. The fourth-order valence-corrected chi connectivity index (χ4v) is 3.54. The highest BCUT2D eigenvalue weighted by atomic mass is 19.1. The van der Waals surface area contributed by atoms with Crippen LogP contribution in [-0.4, -0.2) is 19.0 Å². The van der Waals surface area contributed by atoms with E-state index in [1.807, 2.05) is 36.4 Å². The van der Waals surface area contributed by atoms with Crippen molar-refractivity contribution in [3.63, 3.8) is 0 Å². The summed E-state index contributed by atoms with van der Waals surface area (Å²) in [7, 11) is 0. The molecule has 1 amide bonds. The number of carbonyl (C=O) groups excluding carboxylic acids is 1. The van der Waals surface area contributed by atoms with Gasteiger partial charge in [-0.15, -0.1) is 0 Å². The Labute approximate surface area is 145 Å². The maximum absolute atomic E-state index is 13.9. The summed E-state index contributed by atoms with van der Waals surface area (Å²) in [5.41, 5.74) is 2.92. The van der Waals surface area contributed by atoms with Crippen molar-refractivity contribution in [1.29, 1.82) is 0 Å². The molecule has 1 atom stereocenters.